The van der Waals surface area contributed by atoms with Gasteiger partial charge in [-0.05, 0) is 78.2 Å². The van der Waals surface area contributed by atoms with Crippen molar-refractivity contribution in [2.24, 2.45) is 0 Å². The molecule has 2 nitrogen and oxygen atoms in total. The fourth-order valence-corrected chi connectivity index (χ4v) is 4.63. The van der Waals surface area contributed by atoms with E-state index in [4.69, 9.17) is 16.0 Å². The number of benzene rings is 5. The second-order valence-electron chi connectivity index (χ2n) is 8.51. The highest BCUT2D eigenvalue weighted by Gasteiger charge is 2.16. The van der Waals surface area contributed by atoms with Crippen molar-refractivity contribution < 1.29 is 4.42 Å². The average Bonchev–Trinajstić information content (AvgIpc) is 3.22. The third-order valence-electron chi connectivity index (χ3n) is 6.17. The molecule has 0 aliphatic heterocycles. The summed E-state index contributed by atoms with van der Waals surface area (Å²) in [4.78, 5) is 2.26. The van der Waals surface area contributed by atoms with Crippen LogP contribution < -0.4 is 4.90 Å². The van der Waals surface area contributed by atoms with Crippen molar-refractivity contribution in [3.63, 3.8) is 0 Å². The molecule has 0 fully saturated rings. The Morgan fingerprint density at radius 1 is 0.559 bits per heavy atom. The molecule has 164 valence electrons. The van der Waals surface area contributed by atoms with Gasteiger partial charge in [0.2, 0.25) is 0 Å². The van der Waals surface area contributed by atoms with Crippen LogP contribution in [-0.4, -0.2) is 0 Å². The van der Waals surface area contributed by atoms with E-state index >= 15 is 0 Å². The van der Waals surface area contributed by atoms with Gasteiger partial charge in [0.1, 0.15) is 11.2 Å². The fourth-order valence-electron chi connectivity index (χ4n) is 4.50. The Labute approximate surface area is 203 Å². The van der Waals surface area contributed by atoms with Gasteiger partial charge in [0, 0.05) is 38.9 Å². The van der Waals surface area contributed by atoms with Crippen LogP contribution in [0.4, 0.5) is 17.1 Å². The predicted octanol–water partition coefficient (Wildman–Crippen LogP) is 9.68. The molecule has 5 aromatic carbocycles. The second kappa shape index (κ2) is 8.40. The number of anilines is 3. The molecule has 6 aromatic rings. The minimum atomic E-state index is 0.736. The van der Waals surface area contributed by atoms with Crippen LogP contribution in [0.3, 0.4) is 0 Å². The molecule has 3 heteroatoms. The van der Waals surface area contributed by atoms with E-state index in [-0.39, 0.29) is 0 Å². The molecule has 34 heavy (non-hydrogen) atoms. The van der Waals surface area contributed by atoms with E-state index in [0.717, 1.165) is 55.2 Å². The number of halogens is 1. The Bertz CT molecular complexity index is 1620. The molecule has 0 aliphatic carbocycles. The van der Waals surface area contributed by atoms with Crippen LogP contribution in [0, 0.1) is 6.92 Å². The maximum Gasteiger partial charge on any atom is 0.137 e. The highest BCUT2D eigenvalue weighted by atomic mass is 35.5. The van der Waals surface area contributed by atoms with Gasteiger partial charge in [-0.1, -0.05) is 66.2 Å². The molecule has 0 bridgehead atoms. The maximum atomic E-state index is 6.26. The third-order valence-corrected chi connectivity index (χ3v) is 6.42. The molecule has 0 unspecified atom stereocenters. The molecule has 0 aliphatic rings. The van der Waals surface area contributed by atoms with Gasteiger partial charge in [0.25, 0.3) is 0 Å². The Morgan fingerprint density at radius 2 is 1.24 bits per heavy atom. The SMILES string of the molecule is Cc1ccc2c(c1)oc1cc(N(c3ccccc3)c3cccc(-c4ccc(Cl)cc4)c3)ccc12. The number of furan rings is 1. The normalized spacial score (nSPS) is 11.2. The Kier molecular flexibility index (Phi) is 5.09. The van der Waals surface area contributed by atoms with E-state index < -0.39 is 0 Å². The predicted molar refractivity (Wildman–Crippen MR) is 144 cm³/mol. The van der Waals surface area contributed by atoms with Crippen molar-refractivity contribution in [3.05, 3.63) is 126 Å². The van der Waals surface area contributed by atoms with Crippen LogP contribution in [0.5, 0.6) is 0 Å². The van der Waals surface area contributed by atoms with E-state index in [1.54, 1.807) is 0 Å². The fraction of sp³-hybridized carbons (Fsp3) is 0.0323. The Morgan fingerprint density at radius 3 is 2.03 bits per heavy atom. The van der Waals surface area contributed by atoms with Crippen molar-refractivity contribution in [3.8, 4) is 11.1 Å². The van der Waals surface area contributed by atoms with E-state index in [1.165, 1.54) is 5.56 Å². The van der Waals surface area contributed by atoms with Crippen LogP contribution in [0.15, 0.2) is 120 Å². The summed E-state index contributed by atoms with van der Waals surface area (Å²) >= 11 is 6.11. The van der Waals surface area contributed by atoms with Crippen molar-refractivity contribution >= 4 is 50.6 Å². The van der Waals surface area contributed by atoms with Gasteiger partial charge in [0.05, 0.1) is 0 Å². The van der Waals surface area contributed by atoms with Crippen molar-refractivity contribution in [1.82, 2.24) is 0 Å². The molecular weight excluding hydrogens is 438 g/mol. The number of hydrogen-bond donors (Lipinski definition) is 0. The van der Waals surface area contributed by atoms with Crippen molar-refractivity contribution in [2.75, 3.05) is 4.90 Å². The molecule has 0 amide bonds. The lowest BCUT2D eigenvalue weighted by atomic mass is 10.0. The Balaban J connectivity index is 1.51. The van der Waals surface area contributed by atoms with E-state index in [2.05, 4.69) is 109 Å². The monoisotopic (exact) mass is 459 g/mol. The summed E-state index contributed by atoms with van der Waals surface area (Å²) in [5.74, 6) is 0. The quantitative estimate of drug-likeness (QED) is 0.261. The minimum absolute atomic E-state index is 0.736. The number of fused-ring (bicyclic) bond motifs is 3. The van der Waals surface area contributed by atoms with Gasteiger partial charge in [-0.15, -0.1) is 0 Å². The molecule has 6 rings (SSSR count). The van der Waals surface area contributed by atoms with Gasteiger partial charge >= 0.3 is 0 Å². The standard InChI is InChI=1S/C31H22ClNO/c1-21-10-16-28-29-17-15-27(20-31(29)34-30(28)18-21)33(25-7-3-2-4-8-25)26-9-5-6-23(19-26)22-11-13-24(32)14-12-22/h2-20H,1H3. The number of rotatable bonds is 4. The molecule has 0 saturated carbocycles. The number of para-hydroxylation sites is 1. The van der Waals surface area contributed by atoms with E-state index in [9.17, 15) is 0 Å². The second-order valence-corrected chi connectivity index (χ2v) is 8.95. The van der Waals surface area contributed by atoms with Gasteiger partial charge in [0.15, 0.2) is 0 Å². The summed E-state index contributed by atoms with van der Waals surface area (Å²) in [6.45, 7) is 2.09. The van der Waals surface area contributed by atoms with Gasteiger partial charge in [-0.3, -0.25) is 0 Å². The van der Waals surface area contributed by atoms with Gasteiger partial charge in [-0.25, -0.2) is 0 Å². The van der Waals surface area contributed by atoms with Crippen molar-refractivity contribution in [2.45, 2.75) is 6.92 Å². The highest BCUT2D eigenvalue weighted by Crippen LogP contribution is 2.39. The summed E-state index contributed by atoms with van der Waals surface area (Å²) in [6, 6.07) is 39.8. The molecule has 0 spiro atoms. The molecule has 0 radical (unpaired) electrons. The number of nitrogens with zero attached hydrogens (tertiary/aromatic N) is 1. The number of aryl methyl sites for hydroxylation is 1. The lowest BCUT2D eigenvalue weighted by molar-refractivity contribution is 0.668. The molecule has 1 aromatic heterocycles. The maximum absolute atomic E-state index is 6.26. The summed E-state index contributed by atoms with van der Waals surface area (Å²) in [5.41, 5.74) is 8.46. The first-order chi connectivity index (χ1) is 16.7. The lowest BCUT2D eigenvalue weighted by Crippen LogP contribution is -2.09. The van der Waals surface area contributed by atoms with Crippen LogP contribution in [0.2, 0.25) is 5.02 Å². The summed E-state index contributed by atoms with van der Waals surface area (Å²) < 4.78 is 6.26. The Hall–Kier alpha value is -4.01. The molecule has 0 N–H and O–H groups in total. The van der Waals surface area contributed by atoms with Crippen LogP contribution in [-0.2, 0) is 0 Å². The zero-order valence-corrected chi connectivity index (χ0v) is 19.5. The first kappa shape index (κ1) is 20.6. The number of hydrogen-bond acceptors (Lipinski definition) is 2. The van der Waals surface area contributed by atoms with Crippen LogP contribution in [0.25, 0.3) is 33.1 Å². The van der Waals surface area contributed by atoms with E-state index in [1.807, 2.05) is 18.2 Å². The third kappa shape index (κ3) is 3.72. The molecule has 1 heterocycles. The van der Waals surface area contributed by atoms with Gasteiger partial charge in [-0.2, -0.15) is 0 Å². The molecular formula is C31H22ClNO. The lowest BCUT2D eigenvalue weighted by Gasteiger charge is -2.26. The minimum Gasteiger partial charge on any atom is -0.456 e. The van der Waals surface area contributed by atoms with Crippen molar-refractivity contribution in [1.29, 1.82) is 0 Å². The van der Waals surface area contributed by atoms with E-state index in [0.29, 0.717) is 0 Å². The average molecular weight is 460 g/mol. The summed E-state index contributed by atoms with van der Waals surface area (Å²) in [7, 11) is 0. The largest absolute Gasteiger partial charge is 0.456 e. The first-order valence-electron chi connectivity index (χ1n) is 11.3. The van der Waals surface area contributed by atoms with Crippen LogP contribution >= 0.6 is 11.6 Å². The van der Waals surface area contributed by atoms with Crippen LogP contribution in [0.1, 0.15) is 5.56 Å². The summed E-state index contributed by atoms with van der Waals surface area (Å²) in [5, 5.41) is 3.00. The smallest absolute Gasteiger partial charge is 0.137 e. The highest BCUT2D eigenvalue weighted by molar-refractivity contribution is 6.30. The summed E-state index contributed by atoms with van der Waals surface area (Å²) in [6.07, 6.45) is 0. The zero-order valence-electron chi connectivity index (χ0n) is 18.7. The first-order valence-corrected chi connectivity index (χ1v) is 11.7. The molecule has 0 atom stereocenters. The molecule has 0 saturated heterocycles. The topological polar surface area (TPSA) is 16.4 Å². The van der Waals surface area contributed by atoms with Gasteiger partial charge < -0.3 is 9.32 Å². The zero-order chi connectivity index (χ0) is 23.1.